The molecule has 0 N–H and O–H groups in total. The maximum absolute atomic E-state index is 12.7. The average Bonchev–Trinajstić information content (AvgIpc) is 3.01. The fraction of sp³-hybridized carbons (Fsp3) is 0.562. The van der Waals surface area contributed by atoms with Gasteiger partial charge < -0.3 is 24.2 Å². The molecule has 0 aliphatic carbocycles. The molecule has 8 nitrogen and oxygen atoms in total. The van der Waals surface area contributed by atoms with E-state index in [0.717, 1.165) is 0 Å². The van der Waals surface area contributed by atoms with Crippen molar-refractivity contribution in [3.05, 3.63) is 23.9 Å². The number of carbonyl (C=O) groups excluding carboxylic acids is 2. The van der Waals surface area contributed by atoms with Crippen molar-refractivity contribution in [3.63, 3.8) is 0 Å². The predicted octanol–water partition coefficient (Wildman–Crippen LogP) is 0.0510. The summed E-state index contributed by atoms with van der Waals surface area (Å²) in [6.45, 7) is 3.26. The molecule has 128 valence electrons. The van der Waals surface area contributed by atoms with Gasteiger partial charge >= 0.3 is 6.03 Å². The summed E-state index contributed by atoms with van der Waals surface area (Å²) in [6.07, 6.45) is 1.35. The summed E-state index contributed by atoms with van der Waals surface area (Å²) in [5.41, 5.74) is 0.473. The molecule has 2 saturated heterocycles. The Bertz CT molecular complexity index is 661. The van der Waals surface area contributed by atoms with Crippen molar-refractivity contribution in [3.8, 4) is 5.88 Å². The van der Waals surface area contributed by atoms with E-state index in [2.05, 4.69) is 4.98 Å². The molecule has 0 aromatic carbocycles. The summed E-state index contributed by atoms with van der Waals surface area (Å²) in [5.74, 6) is 0.230. The van der Waals surface area contributed by atoms with Crippen molar-refractivity contribution in [1.29, 1.82) is 0 Å². The highest BCUT2D eigenvalue weighted by molar-refractivity contribution is 5.97. The van der Waals surface area contributed by atoms with Crippen LogP contribution in [0.2, 0.25) is 0 Å². The molecule has 3 amide bonds. The van der Waals surface area contributed by atoms with E-state index < -0.39 is 0 Å². The topological polar surface area (TPSA) is 75.2 Å². The van der Waals surface area contributed by atoms with Crippen LogP contribution in [0.25, 0.3) is 0 Å². The van der Waals surface area contributed by atoms with Gasteiger partial charge in [0, 0.05) is 32.9 Å². The number of carbonyl (C=O) groups is 2. The SMILES string of the molecule is CN1C(=O)c2cccnc2OC2CN(C(=O)N3CCOCC3)CC21. The van der Waals surface area contributed by atoms with E-state index in [1.54, 1.807) is 40.1 Å². The van der Waals surface area contributed by atoms with E-state index in [0.29, 0.717) is 50.8 Å². The highest BCUT2D eigenvalue weighted by Crippen LogP contribution is 2.29. The quantitative estimate of drug-likeness (QED) is 0.671. The Morgan fingerprint density at radius 1 is 1.25 bits per heavy atom. The number of hydrogen-bond donors (Lipinski definition) is 0. The lowest BCUT2D eigenvalue weighted by molar-refractivity contribution is 0.0441. The number of rotatable bonds is 0. The summed E-state index contributed by atoms with van der Waals surface area (Å²) in [6, 6.07) is 3.26. The Labute approximate surface area is 139 Å². The third kappa shape index (κ3) is 2.47. The van der Waals surface area contributed by atoms with Crippen molar-refractivity contribution < 1.29 is 19.1 Å². The van der Waals surface area contributed by atoms with E-state index >= 15 is 0 Å². The minimum Gasteiger partial charge on any atom is -0.470 e. The first-order valence-corrected chi connectivity index (χ1v) is 8.15. The number of ether oxygens (including phenoxy) is 2. The number of morpholine rings is 1. The zero-order chi connectivity index (χ0) is 16.7. The largest absolute Gasteiger partial charge is 0.470 e. The Morgan fingerprint density at radius 3 is 2.83 bits per heavy atom. The molecule has 0 radical (unpaired) electrons. The maximum atomic E-state index is 12.7. The molecule has 3 aliphatic heterocycles. The average molecular weight is 332 g/mol. The number of amides is 3. The van der Waals surface area contributed by atoms with Gasteiger partial charge in [0.15, 0.2) is 0 Å². The van der Waals surface area contributed by atoms with E-state index in [1.165, 1.54) is 0 Å². The lowest BCUT2D eigenvalue weighted by atomic mass is 10.2. The first-order valence-electron chi connectivity index (χ1n) is 8.15. The highest BCUT2D eigenvalue weighted by Gasteiger charge is 2.45. The third-order valence-corrected chi connectivity index (χ3v) is 4.87. The number of aromatic nitrogens is 1. The van der Waals surface area contributed by atoms with Crippen molar-refractivity contribution in [2.45, 2.75) is 12.1 Å². The molecule has 4 rings (SSSR count). The van der Waals surface area contributed by atoms with Crippen LogP contribution in [0.3, 0.4) is 0 Å². The van der Waals surface area contributed by atoms with Crippen LogP contribution >= 0.6 is 0 Å². The molecule has 0 saturated carbocycles. The van der Waals surface area contributed by atoms with Crippen LogP contribution in [-0.4, -0.2) is 90.2 Å². The highest BCUT2D eigenvalue weighted by atomic mass is 16.5. The molecular weight excluding hydrogens is 312 g/mol. The number of likely N-dealkylation sites (N-methyl/N-ethyl adjacent to an activating group) is 1. The fourth-order valence-electron chi connectivity index (χ4n) is 3.49. The van der Waals surface area contributed by atoms with Crippen LogP contribution in [0, 0.1) is 0 Å². The molecule has 0 spiro atoms. The number of fused-ring (bicyclic) bond motifs is 2. The molecule has 3 aliphatic rings. The number of likely N-dealkylation sites (tertiary alicyclic amines) is 1. The van der Waals surface area contributed by atoms with Gasteiger partial charge in [-0.3, -0.25) is 4.79 Å². The second kappa shape index (κ2) is 5.94. The van der Waals surface area contributed by atoms with E-state index in [-0.39, 0.29) is 24.1 Å². The molecule has 24 heavy (non-hydrogen) atoms. The molecule has 2 atom stereocenters. The van der Waals surface area contributed by atoms with Crippen molar-refractivity contribution in [2.75, 3.05) is 46.4 Å². The Balaban J connectivity index is 1.54. The Hall–Kier alpha value is -2.35. The van der Waals surface area contributed by atoms with Gasteiger partial charge in [0.1, 0.15) is 11.7 Å². The van der Waals surface area contributed by atoms with Gasteiger partial charge in [-0.15, -0.1) is 0 Å². The summed E-state index contributed by atoms with van der Waals surface area (Å²) in [7, 11) is 1.76. The lowest BCUT2D eigenvalue weighted by Crippen LogP contribution is -2.48. The summed E-state index contributed by atoms with van der Waals surface area (Å²) >= 11 is 0. The van der Waals surface area contributed by atoms with E-state index in [4.69, 9.17) is 9.47 Å². The Morgan fingerprint density at radius 2 is 2.04 bits per heavy atom. The molecule has 2 unspecified atom stereocenters. The number of pyridine rings is 1. The maximum Gasteiger partial charge on any atom is 0.320 e. The van der Waals surface area contributed by atoms with Crippen LogP contribution in [0.1, 0.15) is 10.4 Å². The first-order chi connectivity index (χ1) is 11.6. The van der Waals surface area contributed by atoms with E-state index in [1.807, 2.05) is 0 Å². The zero-order valence-corrected chi connectivity index (χ0v) is 13.6. The van der Waals surface area contributed by atoms with Crippen molar-refractivity contribution in [1.82, 2.24) is 19.7 Å². The van der Waals surface area contributed by atoms with Crippen LogP contribution in [0.15, 0.2) is 18.3 Å². The minimum atomic E-state index is -0.264. The number of hydrogen-bond acceptors (Lipinski definition) is 5. The predicted molar refractivity (Wildman–Crippen MR) is 83.9 cm³/mol. The molecule has 8 heteroatoms. The third-order valence-electron chi connectivity index (χ3n) is 4.87. The zero-order valence-electron chi connectivity index (χ0n) is 13.6. The minimum absolute atomic E-state index is 0.0166. The lowest BCUT2D eigenvalue weighted by Gasteiger charge is -2.31. The normalized spacial score (nSPS) is 26.5. The molecule has 1 aromatic heterocycles. The monoisotopic (exact) mass is 332 g/mol. The molecule has 0 bridgehead atoms. The van der Waals surface area contributed by atoms with E-state index in [9.17, 15) is 9.59 Å². The van der Waals surface area contributed by atoms with Gasteiger partial charge in [0.05, 0.1) is 25.8 Å². The summed E-state index contributed by atoms with van der Waals surface area (Å²) in [4.78, 5) is 34.7. The van der Waals surface area contributed by atoms with Crippen molar-refractivity contribution in [2.24, 2.45) is 0 Å². The standard InChI is InChI=1S/C16H20N4O4/c1-18-12-9-20(16(22)19-5-7-23-8-6-19)10-13(12)24-14-11(15(18)21)3-2-4-17-14/h2-4,12-13H,5-10H2,1H3. The van der Waals surface area contributed by atoms with Crippen LogP contribution in [0.4, 0.5) is 4.79 Å². The van der Waals surface area contributed by atoms with Gasteiger partial charge in [0.25, 0.3) is 5.91 Å². The van der Waals surface area contributed by atoms with Crippen LogP contribution < -0.4 is 4.74 Å². The van der Waals surface area contributed by atoms with Gasteiger partial charge in [-0.1, -0.05) is 0 Å². The molecular formula is C16H20N4O4. The summed E-state index contributed by atoms with van der Waals surface area (Å²) in [5, 5.41) is 0. The second-order valence-corrected chi connectivity index (χ2v) is 6.28. The number of nitrogens with zero attached hydrogens (tertiary/aromatic N) is 4. The van der Waals surface area contributed by atoms with Crippen molar-refractivity contribution >= 4 is 11.9 Å². The number of urea groups is 1. The van der Waals surface area contributed by atoms with Gasteiger partial charge in [0.2, 0.25) is 5.88 Å². The molecule has 2 fully saturated rings. The van der Waals surface area contributed by atoms with Crippen LogP contribution in [-0.2, 0) is 4.74 Å². The summed E-state index contributed by atoms with van der Waals surface area (Å²) < 4.78 is 11.3. The van der Waals surface area contributed by atoms with Gasteiger partial charge in [-0.25, -0.2) is 9.78 Å². The van der Waals surface area contributed by atoms with Crippen LogP contribution in [0.5, 0.6) is 5.88 Å². The smallest absolute Gasteiger partial charge is 0.320 e. The second-order valence-electron chi connectivity index (χ2n) is 6.28. The van der Waals surface area contributed by atoms with Gasteiger partial charge in [-0.05, 0) is 12.1 Å². The van der Waals surface area contributed by atoms with Gasteiger partial charge in [-0.2, -0.15) is 0 Å². The molecule has 4 heterocycles. The molecule has 1 aromatic rings. The first kappa shape index (κ1) is 15.2. The Kier molecular flexibility index (Phi) is 3.76. The fourth-order valence-corrected chi connectivity index (χ4v) is 3.49.